The van der Waals surface area contributed by atoms with Gasteiger partial charge in [-0.2, -0.15) is 0 Å². The second-order valence-electron chi connectivity index (χ2n) is 4.25. The zero-order valence-corrected chi connectivity index (χ0v) is 11.0. The van der Waals surface area contributed by atoms with Gasteiger partial charge in [0.1, 0.15) is 5.54 Å². The van der Waals surface area contributed by atoms with Gasteiger partial charge in [-0.3, -0.25) is 9.69 Å². The van der Waals surface area contributed by atoms with Crippen LogP contribution in [-0.4, -0.2) is 48.8 Å². The molecule has 0 aromatic rings. The van der Waals surface area contributed by atoms with Crippen LogP contribution in [0, 0.1) is 0 Å². The van der Waals surface area contributed by atoms with Crippen molar-refractivity contribution in [2.45, 2.75) is 45.1 Å². The second kappa shape index (κ2) is 7.63. The minimum atomic E-state index is -0.720. The lowest BCUT2D eigenvalue weighted by Crippen LogP contribution is -2.53. The van der Waals surface area contributed by atoms with E-state index in [9.17, 15) is 9.90 Å². The molecule has 4 heteroatoms. The van der Waals surface area contributed by atoms with Crippen molar-refractivity contribution in [2.75, 3.05) is 27.3 Å². The van der Waals surface area contributed by atoms with Crippen LogP contribution < -0.4 is 0 Å². The topological polar surface area (TPSA) is 49.8 Å². The summed E-state index contributed by atoms with van der Waals surface area (Å²) in [4.78, 5) is 13.4. The summed E-state index contributed by atoms with van der Waals surface area (Å²) in [6, 6.07) is 0. The Hall–Kier alpha value is -0.610. The first-order valence-corrected chi connectivity index (χ1v) is 5.98. The molecule has 0 fully saturated rings. The maximum absolute atomic E-state index is 11.5. The van der Waals surface area contributed by atoms with Crippen molar-refractivity contribution < 1.29 is 14.6 Å². The van der Waals surface area contributed by atoms with Gasteiger partial charge in [0, 0.05) is 13.7 Å². The summed E-state index contributed by atoms with van der Waals surface area (Å²) in [5, 5.41) is 9.47. The van der Waals surface area contributed by atoms with E-state index in [1.807, 2.05) is 25.8 Å². The molecule has 0 aromatic carbocycles. The normalized spacial score (nSPS) is 12.1. The monoisotopic (exact) mass is 231 g/mol. The van der Waals surface area contributed by atoms with E-state index in [0.29, 0.717) is 26.0 Å². The van der Waals surface area contributed by atoms with E-state index in [1.54, 1.807) is 7.11 Å². The van der Waals surface area contributed by atoms with Gasteiger partial charge >= 0.3 is 5.97 Å². The number of carboxylic acid groups (broad SMARTS) is 1. The zero-order valence-electron chi connectivity index (χ0n) is 11.0. The van der Waals surface area contributed by atoms with Gasteiger partial charge in [0.05, 0.1) is 6.61 Å². The molecule has 0 heterocycles. The Morgan fingerprint density at radius 2 is 1.81 bits per heavy atom. The predicted octanol–water partition coefficient (Wildman–Crippen LogP) is 1.99. The number of carboxylic acids is 1. The lowest BCUT2D eigenvalue weighted by molar-refractivity contribution is -0.152. The molecule has 0 saturated carbocycles. The second-order valence-corrected chi connectivity index (χ2v) is 4.25. The molecule has 0 spiro atoms. The molecule has 0 aromatic heterocycles. The summed E-state index contributed by atoms with van der Waals surface area (Å²) in [6.07, 6.45) is 3.14. The number of rotatable bonds is 9. The number of ether oxygens (including phenoxy) is 1. The lowest BCUT2D eigenvalue weighted by Gasteiger charge is -2.38. The molecule has 0 aliphatic carbocycles. The molecule has 96 valence electrons. The van der Waals surface area contributed by atoms with Crippen molar-refractivity contribution in [1.29, 1.82) is 0 Å². The highest BCUT2D eigenvalue weighted by atomic mass is 16.5. The molecule has 0 atom stereocenters. The smallest absolute Gasteiger partial charge is 0.324 e. The van der Waals surface area contributed by atoms with Crippen molar-refractivity contribution in [2.24, 2.45) is 0 Å². The third-order valence-electron chi connectivity index (χ3n) is 3.09. The highest BCUT2D eigenvalue weighted by Gasteiger charge is 2.40. The Morgan fingerprint density at radius 1 is 1.31 bits per heavy atom. The van der Waals surface area contributed by atoms with E-state index in [-0.39, 0.29) is 0 Å². The first-order chi connectivity index (χ1) is 7.55. The van der Waals surface area contributed by atoms with Gasteiger partial charge in [-0.1, -0.05) is 26.7 Å². The van der Waals surface area contributed by atoms with Crippen LogP contribution >= 0.6 is 0 Å². The molecular formula is C12H25NO3. The largest absolute Gasteiger partial charge is 0.480 e. The fourth-order valence-corrected chi connectivity index (χ4v) is 2.15. The third-order valence-corrected chi connectivity index (χ3v) is 3.09. The molecule has 0 unspecified atom stereocenters. The molecule has 16 heavy (non-hydrogen) atoms. The summed E-state index contributed by atoms with van der Waals surface area (Å²) in [5.41, 5.74) is -0.720. The minimum Gasteiger partial charge on any atom is -0.480 e. The first kappa shape index (κ1) is 15.4. The van der Waals surface area contributed by atoms with E-state index in [1.165, 1.54) is 0 Å². The first-order valence-electron chi connectivity index (χ1n) is 5.98. The van der Waals surface area contributed by atoms with Crippen LogP contribution in [-0.2, 0) is 9.53 Å². The Bertz CT molecular complexity index is 200. The third kappa shape index (κ3) is 3.76. The lowest BCUT2D eigenvalue weighted by atomic mass is 9.87. The molecule has 4 nitrogen and oxygen atoms in total. The van der Waals surface area contributed by atoms with E-state index in [2.05, 4.69) is 0 Å². The molecule has 0 aliphatic rings. The van der Waals surface area contributed by atoms with Gasteiger partial charge in [0.2, 0.25) is 0 Å². The molecule has 0 saturated heterocycles. The van der Waals surface area contributed by atoms with Crippen LogP contribution in [0.4, 0.5) is 0 Å². The van der Waals surface area contributed by atoms with E-state index < -0.39 is 11.5 Å². The van der Waals surface area contributed by atoms with Crippen LogP contribution in [0.5, 0.6) is 0 Å². The van der Waals surface area contributed by atoms with Crippen LogP contribution in [0.1, 0.15) is 39.5 Å². The Morgan fingerprint density at radius 3 is 2.12 bits per heavy atom. The average molecular weight is 231 g/mol. The number of methoxy groups -OCH3 is 1. The van der Waals surface area contributed by atoms with Gasteiger partial charge in [-0.25, -0.2) is 0 Å². The Labute approximate surface area is 98.6 Å². The quantitative estimate of drug-likeness (QED) is 0.659. The number of carbonyl (C=O) groups is 1. The Balaban J connectivity index is 4.77. The summed E-state index contributed by atoms with van der Waals surface area (Å²) < 4.78 is 5.01. The predicted molar refractivity (Wildman–Crippen MR) is 64.7 cm³/mol. The van der Waals surface area contributed by atoms with Gasteiger partial charge in [-0.15, -0.1) is 0 Å². The molecule has 0 bridgehead atoms. The summed E-state index contributed by atoms with van der Waals surface area (Å²) in [5.74, 6) is -0.713. The standard InChI is InChI=1S/C12H25NO3/c1-5-7-12(8-6-2,11(14)15)13(3)9-10-16-4/h5-10H2,1-4H3,(H,14,15). The van der Waals surface area contributed by atoms with Crippen molar-refractivity contribution in [3.05, 3.63) is 0 Å². The Kier molecular flexibility index (Phi) is 7.34. The van der Waals surface area contributed by atoms with E-state index >= 15 is 0 Å². The zero-order chi connectivity index (χ0) is 12.6. The van der Waals surface area contributed by atoms with Gasteiger partial charge in [-0.05, 0) is 19.9 Å². The highest BCUT2D eigenvalue weighted by molar-refractivity contribution is 5.78. The SMILES string of the molecule is CCCC(CCC)(C(=O)O)N(C)CCOC. The molecule has 0 radical (unpaired) electrons. The fraction of sp³-hybridized carbons (Fsp3) is 0.917. The average Bonchev–Trinajstić information content (AvgIpc) is 2.24. The number of aliphatic carboxylic acids is 1. The van der Waals surface area contributed by atoms with Crippen LogP contribution in [0.15, 0.2) is 0 Å². The van der Waals surface area contributed by atoms with Crippen molar-refractivity contribution in [1.82, 2.24) is 4.90 Å². The number of hydrogen-bond acceptors (Lipinski definition) is 3. The maximum atomic E-state index is 11.5. The summed E-state index contributed by atoms with van der Waals surface area (Å²) in [6.45, 7) is 5.27. The molecule has 1 N–H and O–H groups in total. The van der Waals surface area contributed by atoms with Gasteiger partial charge < -0.3 is 9.84 Å². The maximum Gasteiger partial charge on any atom is 0.324 e. The number of nitrogens with zero attached hydrogens (tertiary/aromatic N) is 1. The van der Waals surface area contributed by atoms with Gasteiger partial charge in [0.15, 0.2) is 0 Å². The molecule has 0 aliphatic heterocycles. The van der Waals surface area contributed by atoms with E-state index in [0.717, 1.165) is 12.8 Å². The summed E-state index contributed by atoms with van der Waals surface area (Å²) >= 11 is 0. The van der Waals surface area contributed by atoms with Gasteiger partial charge in [0.25, 0.3) is 0 Å². The van der Waals surface area contributed by atoms with Crippen molar-refractivity contribution in [3.8, 4) is 0 Å². The number of likely N-dealkylation sites (N-methyl/N-ethyl adjacent to an activating group) is 1. The van der Waals surface area contributed by atoms with Crippen molar-refractivity contribution >= 4 is 5.97 Å². The molecule has 0 rings (SSSR count). The molecule has 0 amide bonds. The molecular weight excluding hydrogens is 206 g/mol. The number of hydrogen-bond donors (Lipinski definition) is 1. The van der Waals surface area contributed by atoms with Crippen LogP contribution in [0.2, 0.25) is 0 Å². The minimum absolute atomic E-state index is 0.568. The highest BCUT2D eigenvalue weighted by Crippen LogP contribution is 2.26. The van der Waals surface area contributed by atoms with E-state index in [4.69, 9.17) is 4.74 Å². The fourth-order valence-electron chi connectivity index (χ4n) is 2.15. The van der Waals surface area contributed by atoms with Crippen molar-refractivity contribution in [3.63, 3.8) is 0 Å². The summed E-state index contributed by atoms with van der Waals surface area (Å²) in [7, 11) is 3.51. The van der Waals surface area contributed by atoms with Crippen LogP contribution in [0.3, 0.4) is 0 Å². The van der Waals surface area contributed by atoms with Crippen LogP contribution in [0.25, 0.3) is 0 Å².